The number of nitrogens with one attached hydrogen (secondary N) is 1. The Balaban J connectivity index is 2.66. The van der Waals surface area contributed by atoms with Crippen molar-refractivity contribution >= 4 is 12.0 Å². The predicted molar refractivity (Wildman–Crippen MR) is 69.7 cm³/mol. The van der Waals surface area contributed by atoms with Crippen molar-refractivity contribution in [1.82, 2.24) is 20.0 Å². The number of nitrogens with zero attached hydrogens (tertiary/aromatic N) is 3. The molecule has 2 N–H and O–H groups in total. The zero-order chi connectivity index (χ0) is 14.8. The highest BCUT2D eigenvalue weighted by atomic mass is 16.4. The topological polar surface area (TPSA) is 87.5 Å². The number of hydrogen-bond donors (Lipinski definition) is 2. The zero-order valence-electron chi connectivity index (χ0n) is 11.9. The number of carbonyl (C=O) groups is 2. The molecule has 0 fully saturated rings. The number of aryl methyl sites for hydroxylation is 2. The number of urea groups is 1. The molecule has 7 nitrogen and oxygen atoms in total. The quantitative estimate of drug-likeness (QED) is 0.842. The van der Waals surface area contributed by atoms with Crippen LogP contribution in [0.3, 0.4) is 0 Å². The van der Waals surface area contributed by atoms with Crippen molar-refractivity contribution in [3.8, 4) is 0 Å². The average molecular weight is 268 g/mol. The highest BCUT2D eigenvalue weighted by Gasteiger charge is 2.35. The lowest BCUT2D eigenvalue weighted by atomic mass is 10.1. The Kier molecular flexibility index (Phi) is 4.18. The van der Waals surface area contributed by atoms with Crippen molar-refractivity contribution < 1.29 is 14.7 Å². The SMILES string of the molecule is Cc1nn(C)cc1CNC(=O)N(C)C(C)(C)C(=O)O. The summed E-state index contributed by atoms with van der Waals surface area (Å²) in [5, 5.41) is 15.9. The molecule has 19 heavy (non-hydrogen) atoms. The molecule has 1 rings (SSSR count). The molecule has 0 saturated carbocycles. The first kappa shape index (κ1) is 15.0. The summed E-state index contributed by atoms with van der Waals surface area (Å²) in [6, 6.07) is -0.435. The average Bonchev–Trinajstić information content (AvgIpc) is 2.63. The van der Waals surface area contributed by atoms with Gasteiger partial charge in [-0.05, 0) is 20.8 Å². The van der Waals surface area contributed by atoms with Crippen LogP contribution in [0.2, 0.25) is 0 Å². The van der Waals surface area contributed by atoms with E-state index in [9.17, 15) is 9.59 Å². The number of carboxylic acids is 1. The molecular weight excluding hydrogens is 248 g/mol. The molecular formula is C12H20N4O3. The van der Waals surface area contributed by atoms with Crippen LogP contribution in [0, 0.1) is 6.92 Å². The number of carboxylic acid groups (broad SMARTS) is 1. The van der Waals surface area contributed by atoms with E-state index < -0.39 is 17.5 Å². The van der Waals surface area contributed by atoms with Crippen molar-refractivity contribution in [2.75, 3.05) is 7.05 Å². The number of aliphatic carboxylic acids is 1. The van der Waals surface area contributed by atoms with Crippen LogP contribution in [0.5, 0.6) is 0 Å². The van der Waals surface area contributed by atoms with E-state index in [1.165, 1.54) is 25.8 Å². The fourth-order valence-electron chi connectivity index (χ4n) is 1.51. The zero-order valence-corrected chi connectivity index (χ0v) is 11.9. The summed E-state index contributed by atoms with van der Waals surface area (Å²) >= 11 is 0. The van der Waals surface area contributed by atoms with Crippen molar-refractivity contribution in [2.45, 2.75) is 32.9 Å². The van der Waals surface area contributed by atoms with Gasteiger partial charge in [0.2, 0.25) is 0 Å². The number of rotatable bonds is 4. The summed E-state index contributed by atoms with van der Waals surface area (Å²) in [4.78, 5) is 24.1. The fraction of sp³-hybridized carbons (Fsp3) is 0.583. The molecule has 0 atom stereocenters. The third-order valence-corrected chi connectivity index (χ3v) is 3.21. The third kappa shape index (κ3) is 3.24. The maximum atomic E-state index is 11.9. The van der Waals surface area contributed by atoms with Gasteiger partial charge < -0.3 is 15.3 Å². The van der Waals surface area contributed by atoms with E-state index in [2.05, 4.69) is 10.4 Å². The van der Waals surface area contributed by atoms with Crippen LogP contribution in [0.4, 0.5) is 4.79 Å². The first-order chi connectivity index (χ1) is 8.66. The Bertz CT molecular complexity index is 493. The van der Waals surface area contributed by atoms with Gasteiger partial charge in [0, 0.05) is 32.4 Å². The van der Waals surface area contributed by atoms with Gasteiger partial charge in [0.25, 0.3) is 0 Å². The molecule has 0 bridgehead atoms. The molecule has 1 aromatic rings. The van der Waals surface area contributed by atoms with Crippen molar-refractivity contribution in [3.05, 3.63) is 17.5 Å². The molecule has 0 aliphatic rings. The molecule has 7 heteroatoms. The normalized spacial score (nSPS) is 11.2. The van der Waals surface area contributed by atoms with Crippen LogP contribution in [0.1, 0.15) is 25.1 Å². The first-order valence-electron chi connectivity index (χ1n) is 5.90. The minimum absolute atomic E-state index is 0.318. The van der Waals surface area contributed by atoms with Gasteiger partial charge >= 0.3 is 12.0 Å². The second-order valence-electron chi connectivity index (χ2n) is 5.00. The lowest BCUT2D eigenvalue weighted by Crippen LogP contribution is -2.53. The van der Waals surface area contributed by atoms with Crippen LogP contribution in [-0.4, -0.2) is 44.4 Å². The molecule has 0 aromatic carbocycles. The number of aromatic nitrogens is 2. The molecule has 2 amide bonds. The highest BCUT2D eigenvalue weighted by Crippen LogP contribution is 2.12. The van der Waals surface area contributed by atoms with E-state index in [1.807, 2.05) is 13.1 Å². The van der Waals surface area contributed by atoms with Gasteiger partial charge in [-0.15, -0.1) is 0 Å². The number of amides is 2. The van der Waals surface area contributed by atoms with Crippen molar-refractivity contribution in [3.63, 3.8) is 0 Å². The summed E-state index contributed by atoms with van der Waals surface area (Å²) in [5.74, 6) is -1.05. The summed E-state index contributed by atoms with van der Waals surface area (Å²) in [6.07, 6.45) is 1.82. The van der Waals surface area contributed by atoms with E-state index in [-0.39, 0.29) is 0 Å². The Morgan fingerprint density at radius 2 is 2.11 bits per heavy atom. The summed E-state index contributed by atoms with van der Waals surface area (Å²) in [6.45, 7) is 5.12. The lowest BCUT2D eigenvalue weighted by Gasteiger charge is -2.31. The second-order valence-corrected chi connectivity index (χ2v) is 5.00. The van der Waals surface area contributed by atoms with E-state index >= 15 is 0 Å². The van der Waals surface area contributed by atoms with Gasteiger partial charge in [0.1, 0.15) is 5.54 Å². The Morgan fingerprint density at radius 3 is 2.53 bits per heavy atom. The fourth-order valence-corrected chi connectivity index (χ4v) is 1.51. The van der Waals surface area contributed by atoms with E-state index in [0.29, 0.717) is 6.54 Å². The molecule has 1 aromatic heterocycles. The Hall–Kier alpha value is -2.05. The van der Waals surface area contributed by atoms with Gasteiger partial charge in [-0.25, -0.2) is 9.59 Å². The molecule has 106 valence electrons. The smallest absolute Gasteiger partial charge is 0.329 e. The van der Waals surface area contributed by atoms with Crippen LogP contribution in [0.25, 0.3) is 0 Å². The predicted octanol–water partition coefficient (Wildman–Crippen LogP) is 0.733. The van der Waals surface area contributed by atoms with Gasteiger partial charge in [-0.1, -0.05) is 0 Å². The summed E-state index contributed by atoms with van der Waals surface area (Å²) in [7, 11) is 3.26. The number of carbonyl (C=O) groups excluding carboxylic acids is 1. The van der Waals surface area contributed by atoms with Gasteiger partial charge in [-0.3, -0.25) is 4.68 Å². The molecule has 1 heterocycles. The van der Waals surface area contributed by atoms with E-state index in [0.717, 1.165) is 11.3 Å². The molecule has 0 spiro atoms. The van der Waals surface area contributed by atoms with Crippen LogP contribution in [-0.2, 0) is 18.4 Å². The molecule has 0 unspecified atom stereocenters. The van der Waals surface area contributed by atoms with Crippen LogP contribution < -0.4 is 5.32 Å². The highest BCUT2D eigenvalue weighted by molar-refractivity contribution is 5.85. The first-order valence-corrected chi connectivity index (χ1v) is 5.90. The Labute approximate surface area is 112 Å². The summed E-state index contributed by atoms with van der Waals surface area (Å²) < 4.78 is 1.67. The molecule has 0 aliphatic heterocycles. The minimum Gasteiger partial charge on any atom is -0.480 e. The number of likely N-dealkylation sites (N-methyl/N-ethyl adjacent to an activating group) is 1. The third-order valence-electron chi connectivity index (χ3n) is 3.21. The molecule has 0 aliphatic carbocycles. The molecule has 0 radical (unpaired) electrons. The van der Waals surface area contributed by atoms with Gasteiger partial charge in [-0.2, -0.15) is 5.10 Å². The monoisotopic (exact) mass is 268 g/mol. The molecule has 0 saturated heterocycles. The number of hydrogen-bond acceptors (Lipinski definition) is 3. The van der Waals surface area contributed by atoms with Crippen LogP contribution in [0.15, 0.2) is 6.20 Å². The Morgan fingerprint density at radius 1 is 1.53 bits per heavy atom. The summed E-state index contributed by atoms with van der Waals surface area (Å²) in [5.41, 5.74) is 0.481. The van der Waals surface area contributed by atoms with Crippen molar-refractivity contribution in [2.24, 2.45) is 7.05 Å². The maximum absolute atomic E-state index is 11.9. The van der Waals surface area contributed by atoms with Gasteiger partial charge in [0.15, 0.2) is 0 Å². The lowest BCUT2D eigenvalue weighted by molar-refractivity contribution is -0.146. The van der Waals surface area contributed by atoms with E-state index in [4.69, 9.17) is 5.11 Å². The standard InChI is InChI=1S/C12H20N4O3/c1-8-9(7-15(4)14-8)6-13-11(19)16(5)12(2,3)10(17)18/h7H,6H2,1-5H3,(H,13,19)(H,17,18). The van der Waals surface area contributed by atoms with Gasteiger partial charge in [0.05, 0.1) is 5.69 Å². The van der Waals surface area contributed by atoms with Crippen LogP contribution >= 0.6 is 0 Å². The van der Waals surface area contributed by atoms with E-state index in [1.54, 1.807) is 11.7 Å². The second kappa shape index (κ2) is 5.29. The largest absolute Gasteiger partial charge is 0.480 e. The maximum Gasteiger partial charge on any atom is 0.329 e. The van der Waals surface area contributed by atoms with Crippen molar-refractivity contribution in [1.29, 1.82) is 0 Å². The minimum atomic E-state index is -1.26.